The first-order valence-electron chi connectivity index (χ1n) is 13.7. The molecule has 0 unspecified atom stereocenters. The fourth-order valence-electron chi connectivity index (χ4n) is 5.98. The summed E-state index contributed by atoms with van der Waals surface area (Å²) >= 11 is 0. The third-order valence-corrected chi connectivity index (χ3v) is 8.03. The summed E-state index contributed by atoms with van der Waals surface area (Å²) in [6.45, 7) is 6.40. The maximum atomic E-state index is 5.03. The highest BCUT2D eigenvalue weighted by Gasteiger charge is 2.20. The van der Waals surface area contributed by atoms with Gasteiger partial charge < -0.3 is 15.2 Å². The van der Waals surface area contributed by atoms with Crippen molar-refractivity contribution in [2.24, 2.45) is 5.92 Å². The van der Waals surface area contributed by atoms with Crippen molar-refractivity contribution < 1.29 is 0 Å². The molecule has 6 heterocycles. The number of piperidine rings is 1. The summed E-state index contributed by atoms with van der Waals surface area (Å²) in [7, 11) is 0. The minimum Gasteiger partial charge on any atom is -0.358 e. The summed E-state index contributed by atoms with van der Waals surface area (Å²) in [5.41, 5.74) is 8.37. The molecule has 38 heavy (non-hydrogen) atoms. The summed E-state index contributed by atoms with van der Waals surface area (Å²) < 4.78 is 0. The summed E-state index contributed by atoms with van der Waals surface area (Å²) in [5, 5.41) is 12.4. The molecule has 0 bridgehead atoms. The van der Waals surface area contributed by atoms with Crippen molar-refractivity contribution in [3.05, 3.63) is 61.2 Å². The molecule has 2 aliphatic rings. The van der Waals surface area contributed by atoms with Crippen molar-refractivity contribution in [2.45, 2.75) is 44.9 Å². The number of nitrogens with zero attached hydrogens (tertiary/aromatic N) is 5. The lowest BCUT2D eigenvalue weighted by molar-refractivity contribution is 0.575. The second-order valence-electron chi connectivity index (χ2n) is 10.6. The van der Waals surface area contributed by atoms with Crippen LogP contribution in [0.25, 0.3) is 44.6 Å². The van der Waals surface area contributed by atoms with E-state index in [0.717, 1.165) is 74.9 Å². The van der Waals surface area contributed by atoms with Gasteiger partial charge in [-0.2, -0.15) is 5.10 Å². The SMILES string of the molecule is C=C(Nc1cncc(-c2ccc3[nH]nc(-c4cc5c(N6CCCCC6)nccc5[nH]4)c3n2)c1)C1CCCC1. The minimum absolute atomic E-state index is 0.545. The Bertz CT molecular complexity index is 1620. The third-order valence-electron chi connectivity index (χ3n) is 8.03. The van der Waals surface area contributed by atoms with Crippen molar-refractivity contribution in [1.29, 1.82) is 0 Å². The molecule has 0 amide bonds. The summed E-state index contributed by atoms with van der Waals surface area (Å²) in [6, 6.07) is 10.3. The van der Waals surface area contributed by atoms with Crippen molar-refractivity contribution in [2.75, 3.05) is 23.3 Å². The van der Waals surface area contributed by atoms with Gasteiger partial charge in [-0.3, -0.25) is 10.1 Å². The van der Waals surface area contributed by atoms with Gasteiger partial charge in [-0.1, -0.05) is 19.4 Å². The maximum Gasteiger partial charge on any atom is 0.137 e. The van der Waals surface area contributed by atoms with Gasteiger partial charge in [0.2, 0.25) is 0 Å². The molecule has 8 heteroatoms. The standard InChI is InChI=1S/C30H32N8/c1-19(20-7-3-4-8-20)33-22-15-21(17-31-18-22)24-9-10-26-28(35-24)29(37-36-26)27-16-23-25(34-27)11-12-32-30(23)38-13-5-2-6-14-38/h9-12,15-18,20,33-34H,1-8,13-14H2,(H,36,37). The monoisotopic (exact) mass is 504 g/mol. The minimum atomic E-state index is 0.545. The van der Waals surface area contributed by atoms with Crippen LogP contribution in [0.15, 0.2) is 61.2 Å². The molecule has 3 N–H and O–H groups in total. The van der Waals surface area contributed by atoms with Gasteiger partial charge in [0.05, 0.1) is 34.3 Å². The van der Waals surface area contributed by atoms with E-state index < -0.39 is 0 Å². The molecular weight excluding hydrogens is 472 g/mol. The number of allylic oxidation sites excluding steroid dienone is 1. The molecule has 0 aromatic carbocycles. The fourth-order valence-corrected chi connectivity index (χ4v) is 5.98. The van der Waals surface area contributed by atoms with E-state index in [0.29, 0.717) is 5.92 Å². The van der Waals surface area contributed by atoms with Crippen LogP contribution in [0.3, 0.4) is 0 Å². The van der Waals surface area contributed by atoms with Crippen LogP contribution in [-0.2, 0) is 0 Å². The van der Waals surface area contributed by atoms with Crippen LogP contribution in [0.2, 0.25) is 0 Å². The van der Waals surface area contributed by atoms with Crippen molar-refractivity contribution >= 4 is 33.4 Å². The summed E-state index contributed by atoms with van der Waals surface area (Å²) in [4.78, 5) is 20.2. The Morgan fingerprint density at radius 2 is 1.84 bits per heavy atom. The zero-order valence-electron chi connectivity index (χ0n) is 21.5. The van der Waals surface area contributed by atoms with Crippen LogP contribution in [0, 0.1) is 5.92 Å². The van der Waals surface area contributed by atoms with Crippen LogP contribution in [0.4, 0.5) is 11.5 Å². The molecule has 5 aromatic heterocycles. The van der Waals surface area contributed by atoms with E-state index >= 15 is 0 Å². The fraction of sp³-hybridized carbons (Fsp3) is 0.333. The molecule has 5 aromatic rings. The van der Waals surface area contributed by atoms with Crippen LogP contribution in [0.5, 0.6) is 0 Å². The van der Waals surface area contributed by atoms with Gasteiger partial charge in [-0.25, -0.2) is 9.97 Å². The van der Waals surface area contributed by atoms with Gasteiger partial charge in [-0.05, 0) is 68.4 Å². The van der Waals surface area contributed by atoms with Crippen molar-refractivity contribution in [1.82, 2.24) is 30.1 Å². The largest absolute Gasteiger partial charge is 0.358 e. The number of anilines is 2. The molecule has 0 spiro atoms. The van der Waals surface area contributed by atoms with E-state index in [9.17, 15) is 0 Å². The van der Waals surface area contributed by atoms with Crippen LogP contribution >= 0.6 is 0 Å². The number of fused-ring (bicyclic) bond motifs is 2. The molecule has 1 saturated carbocycles. The number of pyridine rings is 3. The highest BCUT2D eigenvalue weighted by atomic mass is 15.2. The summed E-state index contributed by atoms with van der Waals surface area (Å²) in [6.07, 6.45) is 14.3. The number of hydrogen-bond acceptors (Lipinski definition) is 6. The van der Waals surface area contributed by atoms with E-state index in [4.69, 9.17) is 9.97 Å². The molecular formula is C30H32N8. The Labute approximate surface area is 221 Å². The van der Waals surface area contributed by atoms with E-state index in [-0.39, 0.29) is 0 Å². The molecule has 192 valence electrons. The van der Waals surface area contributed by atoms with E-state index in [1.807, 2.05) is 36.8 Å². The van der Waals surface area contributed by atoms with E-state index in [2.05, 4.69) is 49.1 Å². The van der Waals surface area contributed by atoms with Gasteiger partial charge >= 0.3 is 0 Å². The molecule has 1 aliphatic carbocycles. The third kappa shape index (κ3) is 4.20. The lowest BCUT2D eigenvalue weighted by Gasteiger charge is -2.28. The second-order valence-corrected chi connectivity index (χ2v) is 10.6. The first-order valence-corrected chi connectivity index (χ1v) is 13.7. The molecule has 1 aliphatic heterocycles. The molecule has 1 saturated heterocycles. The number of aromatic nitrogens is 6. The zero-order valence-corrected chi connectivity index (χ0v) is 21.5. The predicted octanol–water partition coefficient (Wildman–Crippen LogP) is 6.67. The molecule has 8 nitrogen and oxygen atoms in total. The normalized spacial score (nSPS) is 16.5. The average Bonchev–Trinajstić information content (AvgIpc) is 3.73. The molecule has 0 radical (unpaired) electrons. The van der Waals surface area contributed by atoms with Gasteiger partial charge in [0.25, 0.3) is 0 Å². The number of nitrogens with one attached hydrogen (secondary N) is 3. The number of rotatable bonds is 6. The Morgan fingerprint density at radius 3 is 2.71 bits per heavy atom. The summed E-state index contributed by atoms with van der Waals surface area (Å²) in [5.74, 6) is 1.59. The highest BCUT2D eigenvalue weighted by Crippen LogP contribution is 2.34. The number of hydrogen-bond donors (Lipinski definition) is 3. The first kappa shape index (κ1) is 23.0. The Hall–Kier alpha value is -4.20. The van der Waals surface area contributed by atoms with Gasteiger partial charge in [0.15, 0.2) is 0 Å². The Morgan fingerprint density at radius 1 is 0.974 bits per heavy atom. The van der Waals surface area contributed by atoms with E-state index in [1.165, 1.54) is 44.9 Å². The smallest absolute Gasteiger partial charge is 0.137 e. The molecule has 0 atom stereocenters. The second kappa shape index (κ2) is 9.59. The Kier molecular flexibility index (Phi) is 5.80. The maximum absolute atomic E-state index is 5.03. The lowest BCUT2D eigenvalue weighted by atomic mass is 10.0. The Balaban J connectivity index is 1.22. The van der Waals surface area contributed by atoms with Gasteiger partial charge in [0, 0.05) is 42.1 Å². The molecule has 7 rings (SSSR count). The topological polar surface area (TPSA) is 98.4 Å². The van der Waals surface area contributed by atoms with E-state index in [1.54, 1.807) is 0 Å². The first-order chi connectivity index (χ1) is 18.7. The molecule has 2 fully saturated rings. The predicted molar refractivity (Wildman–Crippen MR) is 153 cm³/mol. The number of aromatic amines is 2. The zero-order chi connectivity index (χ0) is 25.5. The highest BCUT2D eigenvalue weighted by molar-refractivity contribution is 5.98. The van der Waals surface area contributed by atoms with Crippen molar-refractivity contribution in [3.63, 3.8) is 0 Å². The van der Waals surface area contributed by atoms with Crippen LogP contribution in [0.1, 0.15) is 44.9 Å². The van der Waals surface area contributed by atoms with Crippen LogP contribution < -0.4 is 10.2 Å². The lowest BCUT2D eigenvalue weighted by Crippen LogP contribution is -2.30. The van der Waals surface area contributed by atoms with Gasteiger partial charge in [-0.15, -0.1) is 0 Å². The van der Waals surface area contributed by atoms with Gasteiger partial charge in [0.1, 0.15) is 17.0 Å². The quantitative estimate of drug-likeness (QED) is 0.239. The average molecular weight is 505 g/mol. The van der Waals surface area contributed by atoms with Crippen LogP contribution in [-0.4, -0.2) is 43.2 Å². The number of H-pyrrole nitrogens is 2. The van der Waals surface area contributed by atoms with Crippen molar-refractivity contribution in [3.8, 4) is 22.6 Å².